The normalized spacial score (nSPS) is 17.5. The lowest BCUT2D eigenvalue weighted by atomic mass is 9.74. The molecular weight excluding hydrogens is 389 g/mol. The molecule has 5 nitrogen and oxygen atoms in total. The van der Waals surface area contributed by atoms with E-state index in [0.717, 1.165) is 42.3 Å². The maximum absolute atomic E-state index is 13.8. The molecule has 1 atom stereocenters. The first-order valence-electron chi connectivity index (χ1n) is 10.6. The first-order chi connectivity index (χ1) is 15.0. The zero-order chi connectivity index (χ0) is 21.4. The van der Waals surface area contributed by atoms with E-state index in [4.69, 9.17) is 0 Å². The number of benzene rings is 1. The average Bonchev–Trinajstić information content (AvgIpc) is 3.39. The van der Waals surface area contributed by atoms with Gasteiger partial charge in [0.1, 0.15) is 11.6 Å². The van der Waals surface area contributed by atoms with E-state index < -0.39 is 0 Å². The quantitative estimate of drug-likeness (QED) is 0.499. The van der Waals surface area contributed by atoms with Gasteiger partial charge in [-0.05, 0) is 60.7 Å². The van der Waals surface area contributed by atoms with E-state index in [9.17, 15) is 4.39 Å². The van der Waals surface area contributed by atoms with Gasteiger partial charge in [-0.2, -0.15) is 5.10 Å². The van der Waals surface area contributed by atoms with Crippen molar-refractivity contribution in [3.63, 3.8) is 0 Å². The van der Waals surface area contributed by atoms with E-state index in [0.29, 0.717) is 0 Å². The Balaban J connectivity index is 1.43. The monoisotopic (exact) mass is 415 g/mol. The molecule has 4 aromatic rings. The van der Waals surface area contributed by atoms with Crippen LogP contribution in [0, 0.1) is 11.2 Å². The fourth-order valence-corrected chi connectivity index (χ4v) is 4.56. The van der Waals surface area contributed by atoms with Crippen molar-refractivity contribution < 1.29 is 4.39 Å². The van der Waals surface area contributed by atoms with Crippen LogP contribution in [0.4, 0.5) is 4.39 Å². The van der Waals surface area contributed by atoms with Crippen molar-refractivity contribution in [2.75, 3.05) is 0 Å². The van der Waals surface area contributed by atoms with E-state index in [2.05, 4.69) is 39.9 Å². The molecule has 158 valence electrons. The summed E-state index contributed by atoms with van der Waals surface area (Å²) in [7, 11) is 0. The van der Waals surface area contributed by atoms with E-state index in [1.54, 1.807) is 6.07 Å². The van der Waals surface area contributed by atoms with Crippen molar-refractivity contribution in [2.45, 2.75) is 39.3 Å². The molecule has 0 saturated carbocycles. The fourth-order valence-electron chi connectivity index (χ4n) is 4.56. The zero-order valence-corrected chi connectivity index (χ0v) is 17.8. The van der Waals surface area contributed by atoms with Crippen LogP contribution in [0.15, 0.2) is 73.2 Å². The van der Waals surface area contributed by atoms with Crippen LogP contribution in [0.25, 0.3) is 11.5 Å². The van der Waals surface area contributed by atoms with Gasteiger partial charge in [0, 0.05) is 41.9 Å². The summed E-state index contributed by atoms with van der Waals surface area (Å²) in [5, 5.41) is 8.38. The summed E-state index contributed by atoms with van der Waals surface area (Å²) in [4.78, 5) is 4.47. The Morgan fingerprint density at radius 3 is 2.84 bits per heavy atom. The summed E-state index contributed by atoms with van der Waals surface area (Å²) in [6, 6.07) is 16.9. The summed E-state index contributed by atoms with van der Waals surface area (Å²) in [6.45, 7) is 5.28. The molecule has 3 aromatic heterocycles. The van der Waals surface area contributed by atoms with Crippen molar-refractivity contribution in [1.29, 1.82) is 0 Å². The molecule has 0 spiro atoms. The summed E-state index contributed by atoms with van der Waals surface area (Å²) in [5.74, 6) is 0.662. The number of aromatic nitrogens is 4. The lowest BCUT2D eigenvalue weighted by Gasteiger charge is -2.36. The number of pyridine rings is 1. The highest BCUT2D eigenvalue weighted by molar-refractivity contribution is 5.38. The zero-order valence-electron chi connectivity index (χ0n) is 17.8. The molecule has 0 radical (unpaired) electrons. The van der Waals surface area contributed by atoms with E-state index in [1.165, 1.54) is 17.7 Å². The molecule has 1 aliphatic carbocycles. The van der Waals surface area contributed by atoms with Crippen molar-refractivity contribution in [2.24, 2.45) is 5.41 Å². The largest absolute Gasteiger partial charge is 0.304 e. The second-order valence-corrected chi connectivity index (χ2v) is 8.97. The highest BCUT2D eigenvalue weighted by Crippen LogP contribution is 2.41. The highest BCUT2D eigenvalue weighted by atomic mass is 19.1. The summed E-state index contributed by atoms with van der Waals surface area (Å²) >= 11 is 0. The minimum absolute atomic E-state index is 0.110. The second-order valence-electron chi connectivity index (χ2n) is 8.97. The third-order valence-electron chi connectivity index (χ3n) is 5.99. The van der Waals surface area contributed by atoms with Gasteiger partial charge in [-0.1, -0.05) is 26.0 Å². The Kier molecular flexibility index (Phi) is 4.94. The third kappa shape index (κ3) is 3.91. The van der Waals surface area contributed by atoms with Gasteiger partial charge in [0.15, 0.2) is 0 Å². The molecular formula is C25H26FN5. The molecule has 1 unspecified atom stereocenters. The van der Waals surface area contributed by atoms with E-state index >= 15 is 0 Å². The number of hydrogen-bond donors (Lipinski definition) is 1. The molecule has 1 aliphatic rings. The second kappa shape index (κ2) is 7.78. The smallest absolute Gasteiger partial charge is 0.136 e. The molecule has 0 fully saturated rings. The molecule has 3 heterocycles. The van der Waals surface area contributed by atoms with E-state index in [-0.39, 0.29) is 17.3 Å². The maximum Gasteiger partial charge on any atom is 0.136 e. The molecule has 0 amide bonds. The molecule has 1 aromatic carbocycles. The molecule has 0 aliphatic heterocycles. The topological polar surface area (TPSA) is 47.7 Å². The molecule has 31 heavy (non-hydrogen) atoms. The highest BCUT2D eigenvalue weighted by Gasteiger charge is 2.35. The number of rotatable bonds is 5. The number of nitrogens with one attached hydrogen (secondary N) is 1. The van der Waals surface area contributed by atoms with Crippen LogP contribution < -0.4 is 5.32 Å². The predicted octanol–water partition coefficient (Wildman–Crippen LogP) is 5.00. The first kappa shape index (κ1) is 19.7. The number of nitrogens with zero attached hydrogens (tertiary/aromatic N) is 4. The van der Waals surface area contributed by atoms with Gasteiger partial charge in [-0.3, -0.25) is 0 Å². The van der Waals surface area contributed by atoms with Crippen LogP contribution in [0.1, 0.15) is 43.3 Å². The van der Waals surface area contributed by atoms with Crippen LogP contribution in [-0.4, -0.2) is 19.3 Å². The Morgan fingerprint density at radius 1 is 1.13 bits per heavy atom. The van der Waals surface area contributed by atoms with E-state index in [1.807, 2.05) is 53.6 Å². The van der Waals surface area contributed by atoms with Gasteiger partial charge >= 0.3 is 0 Å². The van der Waals surface area contributed by atoms with Gasteiger partial charge in [0.2, 0.25) is 0 Å². The molecule has 6 heteroatoms. The SMILES string of the molecule is CC1(C)Cc2c(cnn2-c2cccc(F)c2)C(NCc2cccn2-c2ccccn2)C1. The summed E-state index contributed by atoms with van der Waals surface area (Å²) < 4.78 is 17.8. The van der Waals surface area contributed by atoms with Gasteiger partial charge in [-0.25, -0.2) is 14.1 Å². The Bertz CT molecular complexity index is 1190. The van der Waals surface area contributed by atoms with Gasteiger partial charge in [0.05, 0.1) is 11.9 Å². The van der Waals surface area contributed by atoms with Gasteiger partial charge in [-0.15, -0.1) is 0 Å². The summed E-state index contributed by atoms with van der Waals surface area (Å²) in [5.41, 5.74) is 4.38. The third-order valence-corrected chi connectivity index (χ3v) is 5.99. The lowest BCUT2D eigenvalue weighted by molar-refractivity contribution is 0.252. The van der Waals surface area contributed by atoms with Crippen LogP contribution >= 0.6 is 0 Å². The standard InChI is InChI=1S/C25H26FN5/c1-25(2)14-22(28-16-20-9-6-12-30(20)24-10-3-4-11-27-24)21-17-29-31(23(21)15-25)19-8-5-7-18(26)13-19/h3-13,17,22,28H,14-16H2,1-2H3. The van der Waals surface area contributed by atoms with Gasteiger partial charge < -0.3 is 9.88 Å². The van der Waals surface area contributed by atoms with Crippen LogP contribution in [-0.2, 0) is 13.0 Å². The van der Waals surface area contributed by atoms with Gasteiger partial charge in [0.25, 0.3) is 0 Å². The molecule has 0 bridgehead atoms. The lowest BCUT2D eigenvalue weighted by Crippen LogP contribution is -2.34. The fraction of sp³-hybridized carbons (Fsp3) is 0.280. The summed E-state index contributed by atoms with van der Waals surface area (Å²) in [6.07, 6.45) is 7.70. The minimum atomic E-state index is -0.248. The molecule has 5 rings (SSSR count). The number of halogens is 1. The first-order valence-corrected chi connectivity index (χ1v) is 10.6. The van der Waals surface area contributed by atoms with Crippen molar-refractivity contribution in [3.05, 3.63) is 96.0 Å². The molecule has 0 saturated heterocycles. The number of fused-ring (bicyclic) bond motifs is 1. The number of hydrogen-bond acceptors (Lipinski definition) is 3. The predicted molar refractivity (Wildman–Crippen MR) is 119 cm³/mol. The van der Waals surface area contributed by atoms with Crippen molar-refractivity contribution >= 4 is 0 Å². The maximum atomic E-state index is 13.8. The van der Waals surface area contributed by atoms with Crippen LogP contribution in [0.5, 0.6) is 0 Å². The Hall–Kier alpha value is -3.25. The van der Waals surface area contributed by atoms with Crippen LogP contribution in [0.3, 0.4) is 0 Å². The average molecular weight is 416 g/mol. The van der Waals surface area contributed by atoms with Crippen molar-refractivity contribution in [3.8, 4) is 11.5 Å². The minimum Gasteiger partial charge on any atom is -0.304 e. The molecule has 1 N–H and O–H groups in total. The van der Waals surface area contributed by atoms with Crippen LogP contribution in [0.2, 0.25) is 0 Å². The Labute approximate surface area is 181 Å². The van der Waals surface area contributed by atoms with Crippen molar-refractivity contribution in [1.82, 2.24) is 24.6 Å². The Morgan fingerprint density at radius 2 is 2.03 bits per heavy atom.